The minimum atomic E-state index is 0.484. The molecule has 4 nitrogen and oxygen atoms in total. The summed E-state index contributed by atoms with van der Waals surface area (Å²) >= 11 is 0. The average Bonchev–Trinajstić information content (AvgIpc) is 3.36. The lowest BCUT2D eigenvalue weighted by molar-refractivity contribution is 0.0488. The van der Waals surface area contributed by atoms with E-state index in [4.69, 9.17) is 4.74 Å². The molecule has 0 bridgehead atoms. The van der Waals surface area contributed by atoms with Gasteiger partial charge in [-0.15, -0.1) is 0 Å². The van der Waals surface area contributed by atoms with Crippen LogP contribution >= 0.6 is 0 Å². The van der Waals surface area contributed by atoms with Crippen LogP contribution in [0.3, 0.4) is 0 Å². The number of hydrogen-bond donors (Lipinski definition) is 0. The second-order valence-corrected chi connectivity index (χ2v) is 10.2. The Hall–Kier alpha value is -2.53. The number of benzene rings is 2. The number of likely N-dealkylation sites (tertiary alicyclic amines) is 1. The highest BCUT2D eigenvalue weighted by molar-refractivity contribution is 5.33. The minimum absolute atomic E-state index is 0.484. The van der Waals surface area contributed by atoms with Crippen molar-refractivity contribution in [1.29, 1.82) is 0 Å². The van der Waals surface area contributed by atoms with Crippen LogP contribution in [0.15, 0.2) is 79.0 Å². The van der Waals surface area contributed by atoms with E-state index >= 15 is 0 Å². The Bertz CT molecular complexity index is 1010. The van der Waals surface area contributed by atoms with Gasteiger partial charge < -0.3 is 4.74 Å². The first-order chi connectivity index (χ1) is 17.3. The van der Waals surface area contributed by atoms with Crippen LogP contribution < -0.4 is 0 Å². The van der Waals surface area contributed by atoms with Crippen molar-refractivity contribution in [2.24, 2.45) is 5.92 Å². The van der Waals surface area contributed by atoms with Crippen molar-refractivity contribution >= 4 is 0 Å². The summed E-state index contributed by atoms with van der Waals surface area (Å²) in [6.45, 7) is 4.96. The predicted molar refractivity (Wildman–Crippen MR) is 142 cm³/mol. The molecule has 2 aromatic carbocycles. The van der Waals surface area contributed by atoms with Crippen LogP contribution in [-0.4, -0.2) is 60.2 Å². The van der Waals surface area contributed by atoms with Gasteiger partial charge in [-0.1, -0.05) is 60.7 Å². The second kappa shape index (κ2) is 11.9. The molecule has 5 rings (SSSR count). The summed E-state index contributed by atoms with van der Waals surface area (Å²) in [5, 5.41) is 0. The quantitative estimate of drug-likeness (QED) is 0.417. The monoisotopic (exact) mass is 469 g/mol. The normalized spacial score (nSPS) is 18.1. The predicted octanol–water partition coefficient (Wildman–Crippen LogP) is 5.02. The molecule has 2 aliphatic rings. The Morgan fingerprint density at radius 1 is 0.914 bits per heavy atom. The molecule has 4 heteroatoms. The fourth-order valence-corrected chi connectivity index (χ4v) is 6.18. The Labute approximate surface area is 210 Å². The van der Waals surface area contributed by atoms with E-state index in [1.807, 2.05) is 19.4 Å². The highest BCUT2D eigenvalue weighted by atomic mass is 16.5. The van der Waals surface area contributed by atoms with E-state index in [2.05, 4.69) is 81.5 Å². The van der Waals surface area contributed by atoms with Crippen molar-refractivity contribution in [2.45, 2.75) is 50.7 Å². The first-order valence-corrected chi connectivity index (χ1v) is 13.3. The summed E-state index contributed by atoms with van der Waals surface area (Å²) in [6, 6.07) is 27.5. The Morgan fingerprint density at radius 3 is 2.26 bits per heavy atom. The number of rotatable bonds is 10. The summed E-state index contributed by atoms with van der Waals surface area (Å²) in [6.07, 6.45) is 7.94. The third-order valence-electron chi connectivity index (χ3n) is 8.09. The van der Waals surface area contributed by atoms with E-state index in [0.29, 0.717) is 18.0 Å². The van der Waals surface area contributed by atoms with E-state index in [0.717, 1.165) is 31.8 Å². The second-order valence-electron chi connectivity index (χ2n) is 10.2. The van der Waals surface area contributed by atoms with Gasteiger partial charge in [0.1, 0.15) is 0 Å². The molecule has 0 N–H and O–H groups in total. The van der Waals surface area contributed by atoms with Gasteiger partial charge in [0, 0.05) is 38.5 Å². The third kappa shape index (κ3) is 6.19. The summed E-state index contributed by atoms with van der Waals surface area (Å²) < 4.78 is 5.54. The van der Waals surface area contributed by atoms with Crippen molar-refractivity contribution in [3.63, 3.8) is 0 Å². The number of hydrogen-bond acceptors (Lipinski definition) is 4. The van der Waals surface area contributed by atoms with Crippen LogP contribution in [0.5, 0.6) is 0 Å². The van der Waals surface area contributed by atoms with Crippen molar-refractivity contribution in [1.82, 2.24) is 14.8 Å². The smallest absolute Gasteiger partial charge is 0.0589 e. The number of nitrogens with zero attached hydrogens (tertiary/aromatic N) is 3. The number of pyridine rings is 1. The van der Waals surface area contributed by atoms with Crippen LogP contribution in [0.2, 0.25) is 0 Å². The molecular formula is C31H39N3O. The maximum Gasteiger partial charge on any atom is 0.0589 e. The van der Waals surface area contributed by atoms with Gasteiger partial charge in [-0.2, -0.15) is 0 Å². The van der Waals surface area contributed by atoms with Crippen molar-refractivity contribution in [2.75, 3.05) is 33.4 Å². The molecule has 2 heterocycles. The molecule has 3 aromatic rings. The Kier molecular flexibility index (Phi) is 8.25. The first-order valence-electron chi connectivity index (χ1n) is 13.3. The zero-order valence-corrected chi connectivity index (χ0v) is 21.1. The zero-order chi connectivity index (χ0) is 23.9. The maximum absolute atomic E-state index is 5.54. The van der Waals surface area contributed by atoms with Gasteiger partial charge >= 0.3 is 0 Å². The van der Waals surface area contributed by atoms with Crippen LogP contribution in [0.4, 0.5) is 0 Å². The van der Waals surface area contributed by atoms with Crippen LogP contribution in [0, 0.1) is 5.92 Å². The standard InChI is InChI=1S/C31H39N3O/c1-35-20-19-34(24-29-13-7-8-16-32-29)31(21-25-9-3-2-4-10-25)26-14-17-33(18-15-26)30-22-27-11-5-6-12-28(27)23-30/h2-13,16,26,30-31H,14-15,17-24H2,1H3/t31-/m1/s1. The van der Waals surface area contributed by atoms with Crippen molar-refractivity contribution in [3.05, 3.63) is 101 Å². The molecule has 184 valence electrons. The van der Waals surface area contributed by atoms with Crippen molar-refractivity contribution < 1.29 is 4.74 Å². The molecule has 0 amide bonds. The number of aromatic nitrogens is 1. The van der Waals surface area contributed by atoms with Gasteiger partial charge in [0.2, 0.25) is 0 Å². The largest absolute Gasteiger partial charge is 0.383 e. The fraction of sp³-hybridized carbons (Fsp3) is 0.452. The molecule has 0 unspecified atom stereocenters. The molecule has 0 saturated carbocycles. The van der Waals surface area contributed by atoms with Crippen LogP contribution in [0.25, 0.3) is 0 Å². The molecule has 0 spiro atoms. The number of fused-ring (bicyclic) bond motifs is 1. The SMILES string of the molecule is COCCN(Cc1ccccn1)[C@H](Cc1ccccc1)C1CCN(C2Cc3ccccc3C2)CC1. The fourth-order valence-electron chi connectivity index (χ4n) is 6.18. The number of ether oxygens (including phenoxy) is 1. The Balaban J connectivity index is 1.30. The van der Waals surface area contributed by atoms with Gasteiger partial charge in [0.25, 0.3) is 0 Å². The first kappa shape index (κ1) is 24.2. The lowest BCUT2D eigenvalue weighted by Gasteiger charge is -2.43. The molecular weight excluding hydrogens is 430 g/mol. The van der Waals surface area contributed by atoms with Crippen molar-refractivity contribution in [3.8, 4) is 0 Å². The van der Waals surface area contributed by atoms with Crippen LogP contribution in [-0.2, 0) is 30.5 Å². The Morgan fingerprint density at radius 2 is 1.60 bits per heavy atom. The molecule has 35 heavy (non-hydrogen) atoms. The molecule has 1 aromatic heterocycles. The topological polar surface area (TPSA) is 28.6 Å². The lowest BCUT2D eigenvalue weighted by atomic mass is 9.84. The van der Waals surface area contributed by atoms with Gasteiger partial charge in [-0.05, 0) is 79.9 Å². The van der Waals surface area contributed by atoms with E-state index in [9.17, 15) is 0 Å². The summed E-state index contributed by atoms with van der Waals surface area (Å²) in [5.74, 6) is 0.677. The van der Waals surface area contributed by atoms with Gasteiger partial charge in [-0.3, -0.25) is 14.8 Å². The minimum Gasteiger partial charge on any atom is -0.383 e. The lowest BCUT2D eigenvalue weighted by Crippen LogP contribution is -2.49. The summed E-state index contributed by atoms with van der Waals surface area (Å²) in [7, 11) is 1.81. The molecule has 0 radical (unpaired) electrons. The molecule has 1 aliphatic carbocycles. The molecule has 1 saturated heterocycles. The van der Waals surface area contributed by atoms with E-state index < -0.39 is 0 Å². The van der Waals surface area contributed by atoms with E-state index in [1.165, 1.54) is 44.3 Å². The maximum atomic E-state index is 5.54. The third-order valence-corrected chi connectivity index (χ3v) is 8.09. The molecule has 1 fully saturated rings. The average molecular weight is 470 g/mol. The van der Waals surface area contributed by atoms with Gasteiger partial charge in [-0.25, -0.2) is 0 Å². The zero-order valence-electron chi connectivity index (χ0n) is 21.1. The number of methoxy groups -OCH3 is 1. The highest BCUT2D eigenvalue weighted by Crippen LogP contribution is 2.32. The highest BCUT2D eigenvalue weighted by Gasteiger charge is 2.34. The molecule has 1 aliphatic heterocycles. The summed E-state index contributed by atoms with van der Waals surface area (Å²) in [5.41, 5.74) is 5.68. The molecule has 1 atom stereocenters. The summed E-state index contributed by atoms with van der Waals surface area (Å²) in [4.78, 5) is 10.1. The van der Waals surface area contributed by atoms with E-state index in [1.54, 1.807) is 11.1 Å². The van der Waals surface area contributed by atoms with Gasteiger partial charge in [0.15, 0.2) is 0 Å². The van der Waals surface area contributed by atoms with Crippen LogP contribution in [0.1, 0.15) is 35.2 Å². The van der Waals surface area contributed by atoms with E-state index in [-0.39, 0.29) is 0 Å². The van der Waals surface area contributed by atoms with Gasteiger partial charge in [0.05, 0.1) is 12.3 Å². The number of piperidine rings is 1.